The molecule has 0 aliphatic carbocycles. The summed E-state index contributed by atoms with van der Waals surface area (Å²) < 4.78 is 16.8. The van der Waals surface area contributed by atoms with Crippen LogP contribution >= 0.6 is 0 Å². The van der Waals surface area contributed by atoms with E-state index in [4.69, 9.17) is 14.2 Å². The first kappa shape index (κ1) is 78.5. The van der Waals surface area contributed by atoms with E-state index in [1.54, 1.807) is 0 Å². The second kappa shape index (κ2) is 70.0. The van der Waals surface area contributed by atoms with Gasteiger partial charge >= 0.3 is 17.9 Å². The van der Waals surface area contributed by atoms with Crippen molar-refractivity contribution in [2.24, 2.45) is 0 Å². The Balaban J connectivity index is 4.02. The van der Waals surface area contributed by atoms with Crippen LogP contribution in [0.3, 0.4) is 0 Å². The standard InChI is InChI=1S/C77H128O6/c1-4-7-10-13-15-17-19-21-23-25-27-29-31-33-35-37-38-40-41-43-45-47-49-51-53-55-57-59-61-64-67-70-76(79)82-73-74(72-81-75(78)69-66-63-12-9-6-3)83-77(80)71-68-65-62-60-58-56-54-52-50-48-46-44-42-39-36-34-32-30-28-26-24-22-20-18-16-14-11-8-5-2/h7-8,10-11,15-18,21-24,27-30,33-36,42,44,74H,4-6,9,12-14,19-20,25-26,31-32,37-41,43,45-73H2,1-3H3/b10-7-,11-8-,17-15-,18-16-,23-21-,24-22-,29-27-,30-28-,35-33-,36-34-,44-42-. The fourth-order valence-corrected chi connectivity index (χ4v) is 9.53. The van der Waals surface area contributed by atoms with Crippen LogP contribution in [0.25, 0.3) is 0 Å². The Bertz CT molecular complexity index is 1750. The smallest absolute Gasteiger partial charge is 0.306 e. The number of unbranched alkanes of at least 4 members (excludes halogenated alkanes) is 29. The summed E-state index contributed by atoms with van der Waals surface area (Å²) in [5, 5.41) is 0. The van der Waals surface area contributed by atoms with Crippen LogP contribution in [0, 0.1) is 0 Å². The fourth-order valence-electron chi connectivity index (χ4n) is 9.53. The van der Waals surface area contributed by atoms with Crippen molar-refractivity contribution >= 4 is 17.9 Å². The molecule has 0 heterocycles. The Labute approximate surface area is 513 Å². The predicted molar refractivity (Wildman–Crippen MR) is 362 cm³/mol. The van der Waals surface area contributed by atoms with Crippen LogP contribution in [-0.4, -0.2) is 37.2 Å². The van der Waals surface area contributed by atoms with Gasteiger partial charge in [0.2, 0.25) is 0 Å². The summed E-state index contributed by atoms with van der Waals surface area (Å²) >= 11 is 0. The minimum atomic E-state index is -0.780. The van der Waals surface area contributed by atoms with Gasteiger partial charge in [-0.2, -0.15) is 0 Å². The summed E-state index contributed by atoms with van der Waals surface area (Å²) in [5.74, 6) is -0.892. The van der Waals surface area contributed by atoms with E-state index in [-0.39, 0.29) is 31.1 Å². The average molecular weight is 1150 g/mol. The molecule has 83 heavy (non-hydrogen) atoms. The zero-order chi connectivity index (χ0) is 59.9. The quantitative estimate of drug-likeness (QED) is 0.0261. The Hall–Kier alpha value is -4.45. The van der Waals surface area contributed by atoms with Crippen LogP contribution < -0.4 is 0 Å². The molecule has 0 rings (SSSR count). The molecule has 1 unspecified atom stereocenters. The lowest BCUT2D eigenvalue weighted by molar-refractivity contribution is -0.167. The summed E-state index contributed by atoms with van der Waals surface area (Å²) in [5.41, 5.74) is 0. The summed E-state index contributed by atoms with van der Waals surface area (Å²) in [6.45, 7) is 6.34. The molecule has 6 heteroatoms. The molecule has 0 amide bonds. The second-order valence-corrected chi connectivity index (χ2v) is 22.7. The minimum absolute atomic E-state index is 0.0801. The topological polar surface area (TPSA) is 78.9 Å². The third-order valence-electron chi connectivity index (χ3n) is 14.7. The lowest BCUT2D eigenvalue weighted by atomic mass is 10.0. The van der Waals surface area contributed by atoms with Crippen LogP contribution in [0.15, 0.2) is 134 Å². The van der Waals surface area contributed by atoms with E-state index in [2.05, 4.69) is 154 Å². The van der Waals surface area contributed by atoms with Crippen LogP contribution in [0.2, 0.25) is 0 Å². The number of rotatable bonds is 62. The van der Waals surface area contributed by atoms with Gasteiger partial charge in [0.15, 0.2) is 6.10 Å². The van der Waals surface area contributed by atoms with Gasteiger partial charge in [0.05, 0.1) is 0 Å². The number of allylic oxidation sites excluding steroid dienone is 22. The summed E-state index contributed by atoms with van der Waals surface area (Å²) in [7, 11) is 0. The van der Waals surface area contributed by atoms with E-state index in [0.29, 0.717) is 19.3 Å². The number of hydrogen-bond donors (Lipinski definition) is 0. The Morgan fingerprint density at radius 2 is 0.470 bits per heavy atom. The van der Waals surface area contributed by atoms with Crippen molar-refractivity contribution in [1.29, 1.82) is 0 Å². The Morgan fingerprint density at radius 3 is 0.735 bits per heavy atom. The van der Waals surface area contributed by atoms with Gasteiger partial charge in [0.1, 0.15) is 13.2 Å². The maximum Gasteiger partial charge on any atom is 0.306 e. The number of carbonyl (C=O) groups excluding carboxylic acids is 3. The molecule has 0 bridgehead atoms. The molecule has 6 nitrogen and oxygen atoms in total. The molecule has 0 aliphatic heterocycles. The van der Waals surface area contributed by atoms with Crippen molar-refractivity contribution in [2.75, 3.05) is 13.2 Å². The van der Waals surface area contributed by atoms with Crippen molar-refractivity contribution in [2.45, 2.75) is 322 Å². The lowest BCUT2D eigenvalue weighted by Gasteiger charge is -2.18. The van der Waals surface area contributed by atoms with Crippen LogP contribution in [0.5, 0.6) is 0 Å². The van der Waals surface area contributed by atoms with Gasteiger partial charge in [-0.05, 0) is 116 Å². The predicted octanol–water partition coefficient (Wildman–Crippen LogP) is 24.1. The first-order chi connectivity index (χ1) is 41.0. The van der Waals surface area contributed by atoms with E-state index in [1.165, 1.54) is 141 Å². The molecule has 0 aromatic carbocycles. The SMILES string of the molecule is CC/C=C\C/C=C\C/C=C\C/C=C\C/C=C\C/C=C\CCCCCCCCCCCCC(=O)OC(COC(=O)CCCCCCC)COC(=O)CCCCCCCCCCCCCCCCC/C=C\C/C=C\C/C=C\C/C=C\C/C=C\CC. The molecule has 0 aromatic rings. The van der Waals surface area contributed by atoms with Gasteiger partial charge in [0.25, 0.3) is 0 Å². The van der Waals surface area contributed by atoms with Gasteiger partial charge in [-0.3, -0.25) is 14.4 Å². The molecule has 0 radical (unpaired) electrons. The highest BCUT2D eigenvalue weighted by Crippen LogP contribution is 2.17. The van der Waals surface area contributed by atoms with E-state index in [0.717, 1.165) is 135 Å². The van der Waals surface area contributed by atoms with Crippen molar-refractivity contribution in [3.05, 3.63) is 134 Å². The van der Waals surface area contributed by atoms with Crippen molar-refractivity contribution in [3.63, 3.8) is 0 Å². The average Bonchev–Trinajstić information content (AvgIpc) is 3.48. The molecule has 0 aliphatic rings. The Kier molecular flexibility index (Phi) is 66.3. The first-order valence-electron chi connectivity index (χ1n) is 34.7. The van der Waals surface area contributed by atoms with Gasteiger partial charge in [0, 0.05) is 19.3 Å². The summed E-state index contributed by atoms with van der Waals surface area (Å²) in [6, 6.07) is 0. The van der Waals surface area contributed by atoms with Crippen molar-refractivity contribution < 1.29 is 28.6 Å². The number of esters is 3. The maximum atomic E-state index is 12.9. The van der Waals surface area contributed by atoms with Crippen LogP contribution in [0.4, 0.5) is 0 Å². The normalized spacial score (nSPS) is 13.0. The van der Waals surface area contributed by atoms with Gasteiger partial charge in [-0.15, -0.1) is 0 Å². The zero-order valence-corrected chi connectivity index (χ0v) is 54.2. The van der Waals surface area contributed by atoms with E-state index < -0.39 is 6.10 Å². The third-order valence-corrected chi connectivity index (χ3v) is 14.7. The maximum absolute atomic E-state index is 12.9. The molecule has 0 fully saturated rings. The van der Waals surface area contributed by atoms with Crippen LogP contribution in [0.1, 0.15) is 316 Å². The monoisotopic (exact) mass is 1150 g/mol. The van der Waals surface area contributed by atoms with E-state index >= 15 is 0 Å². The third kappa shape index (κ3) is 68.2. The Morgan fingerprint density at radius 1 is 0.253 bits per heavy atom. The molecular formula is C77H128O6. The molecule has 0 N–H and O–H groups in total. The highest BCUT2D eigenvalue weighted by Gasteiger charge is 2.19. The van der Waals surface area contributed by atoms with Gasteiger partial charge in [-0.1, -0.05) is 315 Å². The first-order valence-corrected chi connectivity index (χ1v) is 34.7. The number of ether oxygens (including phenoxy) is 3. The van der Waals surface area contributed by atoms with Crippen LogP contribution in [-0.2, 0) is 28.6 Å². The van der Waals surface area contributed by atoms with Crippen molar-refractivity contribution in [1.82, 2.24) is 0 Å². The van der Waals surface area contributed by atoms with Gasteiger partial charge < -0.3 is 14.2 Å². The number of hydrogen-bond acceptors (Lipinski definition) is 6. The zero-order valence-electron chi connectivity index (χ0n) is 54.2. The molecule has 0 spiro atoms. The summed E-state index contributed by atoms with van der Waals surface area (Å²) in [4.78, 5) is 38.0. The molecule has 0 saturated carbocycles. The lowest BCUT2D eigenvalue weighted by Crippen LogP contribution is -2.30. The highest BCUT2D eigenvalue weighted by molar-refractivity contribution is 5.71. The molecular weight excluding hydrogens is 1020 g/mol. The van der Waals surface area contributed by atoms with Crippen molar-refractivity contribution in [3.8, 4) is 0 Å². The minimum Gasteiger partial charge on any atom is -0.462 e. The fraction of sp³-hybridized carbons (Fsp3) is 0.675. The van der Waals surface area contributed by atoms with E-state index in [9.17, 15) is 14.4 Å². The number of carbonyl (C=O) groups is 3. The van der Waals surface area contributed by atoms with E-state index in [1.807, 2.05) is 0 Å². The highest BCUT2D eigenvalue weighted by atomic mass is 16.6. The summed E-state index contributed by atoms with van der Waals surface area (Å²) in [6.07, 6.45) is 99.5. The molecule has 472 valence electrons. The molecule has 1 atom stereocenters. The van der Waals surface area contributed by atoms with Gasteiger partial charge in [-0.25, -0.2) is 0 Å². The second-order valence-electron chi connectivity index (χ2n) is 22.7. The largest absolute Gasteiger partial charge is 0.462 e. The molecule has 0 saturated heterocycles. The molecule has 0 aromatic heterocycles.